The summed E-state index contributed by atoms with van der Waals surface area (Å²) in [4.78, 5) is 15.1. The van der Waals surface area contributed by atoms with Crippen molar-refractivity contribution in [1.29, 1.82) is 0 Å². The number of ether oxygens (including phenoxy) is 1. The van der Waals surface area contributed by atoms with Gasteiger partial charge in [0.05, 0.1) is 12.2 Å². The van der Waals surface area contributed by atoms with E-state index < -0.39 is 5.66 Å². The first-order chi connectivity index (χ1) is 13.0. The second-order valence-electron chi connectivity index (χ2n) is 7.49. The Kier molecular flexibility index (Phi) is 5.73. The summed E-state index contributed by atoms with van der Waals surface area (Å²) in [7, 11) is 0. The van der Waals surface area contributed by atoms with E-state index in [-0.39, 0.29) is 5.91 Å². The molecule has 2 aromatic rings. The van der Waals surface area contributed by atoms with Crippen molar-refractivity contribution in [2.24, 2.45) is 5.92 Å². The van der Waals surface area contributed by atoms with Crippen LogP contribution < -0.4 is 10.1 Å². The van der Waals surface area contributed by atoms with Crippen LogP contribution in [0.4, 0.5) is 5.69 Å². The van der Waals surface area contributed by atoms with Gasteiger partial charge in [0.15, 0.2) is 0 Å². The average Bonchev–Trinajstić information content (AvgIpc) is 2.68. The second kappa shape index (κ2) is 8.03. The number of para-hydroxylation sites is 1. The third kappa shape index (κ3) is 3.66. The number of nitrogens with one attached hydrogen (secondary N) is 1. The maximum absolute atomic E-state index is 13.1. The lowest BCUT2D eigenvalue weighted by molar-refractivity contribution is 0.0503. The number of hydrogen-bond acceptors (Lipinski definition) is 3. The molecular formula is C23H30N2O2. The molecule has 0 spiro atoms. The molecule has 1 amide bonds. The number of carbonyl (C=O) groups is 1. The molecule has 1 unspecified atom stereocenters. The molecule has 0 bridgehead atoms. The van der Waals surface area contributed by atoms with E-state index in [1.54, 1.807) is 0 Å². The molecule has 144 valence electrons. The van der Waals surface area contributed by atoms with Crippen molar-refractivity contribution < 1.29 is 9.53 Å². The van der Waals surface area contributed by atoms with Gasteiger partial charge in [0.1, 0.15) is 11.4 Å². The SMILES string of the molecule is CCN1C(=O)c2ccccc2NC1(CC)c1ccc(OCCC(C)C)cc1. The molecule has 0 radical (unpaired) electrons. The van der Waals surface area contributed by atoms with Crippen LogP contribution in [-0.4, -0.2) is 24.0 Å². The van der Waals surface area contributed by atoms with Gasteiger partial charge in [-0.15, -0.1) is 0 Å². The smallest absolute Gasteiger partial charge is 0.258 e. The zero-order chi connectivity index (χ0) is 19.4. The van der Waals surface area contributed by atoms with Crippen LogP contribution in [0.3, 0.4) is 0 Å². The molecule has 27 heavy (non-hydrogen) atoms. The molecule has 1 atom stereocenters. The Hall–Kier alpha value is -2.49. The molecule has 1 aliphatic heterocycles. The first-order valence-electron chi connectivity index (χ1n) is 9.94. The van der Waals surface area contributed by atoms with Crippen molar-refractivity contribution in [1.82, 2.24) is 4.90 Å². The molecule has 4 heteroatoms. The van der Waals surface area contributed by atoms with Gasteiger partial charge < -0.3 is 15.0 Å². The van der Waals surface area contributed by atoms with Crippen LogP contribution in [0.25, 0.3) is 0 Å². The maximum atomic E-state index is 13.1. The molecule has 4 nitrogen and oxygen atoms in total. The summed E-state index contributed by atoms with van der Waals surface area (Å²) in [5.41, 5.74) is 2.16. The van der Waals surface area contributed by atoms with Gasteiger partial charge in [-0.3, -0.25) is 4.79 Å². The molecule has 0 aromatic heterocycles. The molecule has 1 heterocycles. The van der Waals surface area contributed by atoms with E-state index in [1.165, 1.54) is 0 Å². The summed E-state index contributed by atoms with van der Waals surface area (Å²) in [6.07, 6.45) is 1.81. The summed E-state index contributed by atoms with van der Waals surface area (Å²) in [5.74, 6) is 1.57. The van der Waals surface area contributed by atoms with Gasteiger partial charge in [-0.25, -0.2) is 0 Å². The van der Waals surface area contributed by atoms with Crippen LogP contribution in [-0.2, 0) is 5.66 Å². The van der Waals surface area contributed by atoms with Gasteiger partial charge >= 0.3 is 0 Å². The van der Waals surface area contributed by atoms with Crippen LogP contribution >= 0.6 is 0 Å². The van der Waals surface area contributed by atoms with Crippen molar-refractivity contribution in [3.63, 3.8) is 0 Å². The van der Waals surface area contributed by atoms with Crippen LogP contribution in [0.15, 0.2) is 48.5 Å². The number of hydrogen-bond donors (Lipinski definition) is 1. The predicted molar refractivity (Wildman–Crippen MR) is 110 cm³/mol. The zero-order valence-corrected chi connectivity index (χ0v) is 16.8. The number of fused-ring (bicyclic) bond motifs is 1. The minimum absolute atomic E-state index is 0.0750. The highest BCUT2D eigenvalue weighted by Crippen LogP contribution is 2.40. The van der Waals surface area contributed by atoms with Gasteiger partial charge in [-0.2, -0.15) is 0 Å². The van der Waals surface area contributed by atoms with E-state index in [2.05, 4.69) is 38.2 Å². The highest BCUT2D eigenvalue weighted by atomic mass is 16.5. The van der Waals surface area contributed by atoms with Crippen molar-refractivity contribution in [2.45, 2.75) is 46.2 Å². The molecule has 1 N–H and O–H groups in total. The fourth-order valence-electron chi connectivity index (χ4n) is 3.75. The van der Waals surface area contributed by atoms with Gasteiger partial charge in [-0.1, -0.05) is 45.0 Å². The van der Waals surface area contributed by atoms with Gasteiger partial charge in [0.25, 0.3) is 5.91 Å². The number of benzene rings is 2. The molecule has 1 aliphatic rings. The lowest BCUT2D eigenvalue weighted by atomic mass is 9.89. The van der Waals surface area contributed by atoms with E-state index in [0.717, 1.165) is 42.0 Å². The Balaban J connectivity index is 1.91. The Morgan fingerprint density at radius 1 is 1.07 bits per heavy atom. The van der Waals surface area contributed by atoms with Crippen molar-refractivity contribution in [3.8, 4) is 5.75 Å². The number of nitrogens with zero attached hydrogens (tertiary/aromatic N) is 1. The lowest BCUT2D eigenvalue weighted by Gasteiger charge is -2.48. The summed E-state index contributed by atoms with van der Waals surface area (Å²) in [6.45, 7) is 9.90. The Bertz CT molecular complexity index is 785. The minimum atomic E-state index is -0.545. The number of carbonyl (C=O) groups excluding carboxylic acids is 1. The van der Waals surface area contributed by atoms with E-state index in [0.29, 0.717) is 12.5 Å². The monoisotopic (exact) mass is 366 g/mol. The van der Waals surface area contributed by atoms with E-state index in [1.807, 2.05) is 48.2 Å². The molecule has 3 rings (SSSR count). The first kappa shape index (κ1) is 19.3. The molecule has 0 saturated heterocycles. The molecular weight excluding hydrogens is 336 g/mol. The number of rotatable bonds is 7. The van der Waals surface area contributed by atoms with Gasteiger partial charge in [0, 0.05) is 12.2 Å². The number of amides is 1. The summed E-state index contributed by atoms with van der Waals surface area (Å²) in [6, 6.07) is 15.9. The highest BCUT2D eigenvalue weighted by molar-refractivity contribution is 6.02. The largest absolute Gasteiger partial charge is 0.494 e. The Labute approximate surface area is 162 Å². The van der Waals surface area contributed by atoms with Crippen molar-refractivity contribution >= 4 is 11.6 Å². The van der Waals surface area contributed by atoms with Crippen molar-refractivity contribution in [3.05, 3.63) is 59.7 Å². The normalized spacial score (nSPS) is 19.0. The minimum Gasteiger partial charge on any atom is -0.494 e. The predicted octanol–water partition coefficient (Wildman–Crippen LogP) is 5.26. The topological polar surface area (TPSA) is 41.6 Å². The Morgan fingerprint density at radius 3 is 2.41 bits per heavy atom. The standard InChI is InChI=1S/C23H30N2O2/c1-5-23(18-11-13-19(14-12-18)27-16-15-17(3)4)24-21-10-8-7-9-20(21)22(26)25(23)6-2/h7-14,17,24H,5-6,15-16H2,1-4H3. The summed E-state index contributed by atoms with van der Waals surface area (Å²) < 4.78 is 5.86. The highest BCUT2D eigenvalue weighted by Gasteiger charge is 2.43. The molecule has 0 fully saturated rings. The van der Waals surface area contributed by atoms with Crippen LogP contribution in [0, 0.1) is 5.92 Å². The van der Waals surface area contributed by atoms with Crippen LogP contribution in [0.2, 0.25) is 0 Å². The van der Waals surface area contributed by atoms with E-state index in [9.17, 15) is 4.79 Å². The average molecular weight is 367 g/mol. The first-order valence-corrected chi connectivity index (χ1v) is 9.94. The number of anilines is 1. The van der Waals surface area contributed by atoms with Gasteiger partial charge in [-0.05, 0) is 55.5 Å². The van der Waals surface area contributed by atoms with E-state index >= 15 is 0 Å². The maximum Gasteiger partial charge on any atom is 0.258 e. The fraction of sp³-hybridized carbons (Fsp3) is 0.435. The summed E-state index contributed by atoms with van der Waals surface area (Å²) in [5, 5.41) is 3.65. The van der Waals surface area contributed by atoms with E-state index in [4.69, 9.17) is 4.74 Å². The molecule has 2 aromatic carbocycles. The molecule has 0 saturated carbocycles. The lowest BCUT2D eigenvalue weighted by Crippen LogP contribution is -2.57. The van der Waals surface area contributed by atoms with Crippen LogP contribution in [0.1, 0.15) is 56.5 Å². The second-order valence-corrected chi connectivity index (χ2v) is 7.49. The fourth-order valence-corrected chi connectivity index (χ4v) is 3.75. The van der Waals surface area contributed by atoms with Crippen molar-refractivity contribution in [2.75, 3.05) is 18.5 Å². The van der Waals surface area contributed by atoms with Gasteiger partial charge in [0.2, 0.25) is 0 Å². The third-order valence-electron chi connectivity index (χ3n) is 5.33. The summed E-state index contributed by atoms with van der Waals surface area (Å²) >= 11 is 0. The zero-order valence-electron chi connectivity index (χ0n) is 16.8. The quantitative estimate of drug-likeness (QED) is 0.726. The third-order valence-corrected chi connectivity index (χ3v) is 5.33. The van der Waals surface area contributed by atoms with Crippen LogP contribution in [0.5, 0.6) is 5.75 Å². The molecule has 0 aliphatic carbocycles. The Morgan fingerprint density at radius 2 is 1.78 bits per heavy atom.